The van der Waals surface area contributed by atoms with Crippen molar-refractivity contribution in [2.24, 2.45) is 5.73 Å². The van der Waals surface area contributed by atoms with Crippen LogP contribution >= 0.6 is 0 Å². The van der Waals surface area contributed by atoms with Gasteiger partial charge in [0.25, 0.3) is 0 Å². The van der Waals surface area contributed by atoms with Gasteiger partial charge in [-0.1, -0.05) is 48.9 Å². The van der Waals surface area contributed by atoms with E-state index in [-0.39, 0.29) is 18.2 Å². The number of hydrogen-bond donors (Lipinski definition) is 2. The second-order valence-electron chi connectivity index (χ2n) is 6.67. The average molecular weight is 365 g/mol. The largest absolute Gasteiger partial charge is 0.368 e. The lowest BCUT2D eigenvalue weighted by Crippen LogP contribution is -2.50. The molecular formula is C21H23N3O3. The van der Waals surface area contributed by atoms with E-state index in [1.165, 1.54) is 0 Å². The van der Waals surface area contributed by atoms with Crippen molar-refractivity contribution in [1.29, 1.82) is 0 Å². The summed E-state index contributed by atoms with van der Waals surface area (Å²) in [6, 6.07) is 15.4. The Morgan fingerprint density at radius 3 is 2.44 bits per heavy atom. The molecular weight excluding hydrogens is 342 g/mol. The number of anilines is 1. The van der Waals surface area contributed by atoms with Gasteiger partial charge in [-0.15, -0.1) is 0 Å². The molecule has 2 amide bonds. The van der Waals surface area contributed by atoms with Gasteiger partial charge in [0.1, 0.15) is 0 Å². The molecule has 0 bridgehead atoms. The Kier molecular flexibility index (Phi) is 5.98. The molecule has 1 aliphatic heterocycles. The minimum atomic E-state index is -0.411. The van der Waals surface area contributed by atoms with Crippen LogP contribution < -0.4 is 11.1 Å². The monoisotopic (exact) mass is 365 g/mol. The fourth-order valence-electron chi connectivity index (χ4n) is 3.41. The molecule has 2 aromatic rings. The first-order chi connectivity index (χ1) is 13.1. The van der Waals surface area contributed by atoms with Crippen LogP contribution in [0.2, 0.25) is 0 Å². The number of carbonyl (C=O) groups excluding carboxylic acids is 3. The highest BCUT2D eigenvalue weighted by atomic mass is 16.2. The van der Waals surface area contributed by atoms with Gasteiger partial charge >= 0.3 is 0 Å². The van der Waals surface area contributed by atoms with E-state index in [0.29, 0.717) is 29.8 Å². The smallest absolute Gasteiger partial charge is 0.238 e. The number of rotatable bonds is 6. The van der Waals surface area contributed by atoms with Crippen LogP contribution in [0.5, 0.6) is 0 Å². The predicted octanol–water partition coefficient (Wildman–Crippen LogP) is 2.20. The van der Waals surface area contributed by atoms with Gasteiger partial charge in [0.15, 0.2) is 5.78 Å². The van der Waals surface area contributed by atoms with Gasteiger partial charge in [0.05, 0.1) is 18.3 Å². The van der Waals surface area contributed by atoms with Gasteiger partial charge in [0, 0.05) is 11.1 Å². The summed E-state index contributed by atoms with van der Waals surface area (Å²) in [6.07, 6.45) is 2.53. The van der Waals surface area contributed by atoms with E-state index in [1.54, 1.807) is 48.5 Å². The van der Waals surface area contributed by atoms with Crippen molar-refractivity contribution in [3.8, 4) is 0 Å². The quantitative estimate of drug-likeness (QED) is 0.768. The first-order valence-electron chi connectivity index (χ1n) is 9.08. The first kappa shape index (κ1) is 18.8. The highest BCUT2D eigenvalue weighted by Crippen LogP contribution is 2.20. The molecule has 0 spiro atoms. The molecule has 3 rings (SSSR count). The maximum atomic E-state index is 12.8. The lowest BCUT2D eigenvalue weighted by molar-refractivity contribution is -0.126. The third kappa shape index (κ3) is 4.60. The SMILES string of the molecule is NC(=O)[C@@H]1CCCCN1CC(=O)Nc1ccccc1C(=O)c1ccccc1. The predicted molar refractivity (Wildman–Crippen MR) is 103 cm³/mol. The number of nitrogens with one attached hydrogen (secondary N) is 1. The summed E-state index contributed by atoms with van der Waals surface area (Å²) < 4.78 is 0. The van der Waals surface area contributed by atoms with Crippen molar-refractivity contribution < 1.29 is 14.4 Å². The number of ketones is 1. The Bertz CT molecular complexity index is 836. The summed E-state index contributed by atoms with van der Waals surface area (Å²) in [5, 5.41) is 2.81. The van der Waals surface area contributed by atoms with Crippen LogP contribution in [-0.2, 0) is 9.59 Å². The molecule has 27 heavy (non-hydrogen) atoms. The Morgan fingerprint density at radius 2 is 1.70 bits per heavy atom. The Hall–Kier alpha value is -2.99. The molecule has 1 fully saturated rings. The fraction of sp³-hybridized carbons (Fsp3) is 0.286. The zero-order valence-corrected chi connectivity index (χ0v) is 15.1. The topological polar surface area (TPSA) is 92.5 Å². The molecule has 1 saturated heterocycles. The molecule has 0 aliphatic carbocycles. The zero-order valence-electron chi connectivity index (χ0n) is 15.1. The summed E-state index contributed by atoms with van der Waals surface area (Å²) in [5.41, 5.74) is 6.91. The molecule has 1 aliphatic rings. The van der Waals surface area contributed by atoms with Crippen LogP contribution in [-0.4, -0.2) is 41.6 Å². The number of likely N-dealkylation sites (tertiary alicyclic amines) is 1. The number of para-hydroxylation sites is 1. The van der Waals surface area contributed by atoms with Crippen LogP contribution in [0.3, 0.4) is 0 Å². The van der Waals surface area contributed by atoms with Gasteiger partial charge in [-0.2, -0.15) is 0 Å². The standard InChI is InChI=1S/C21H23N3O3/c22-21(27)18-12-6-7-13-24(18)14-19(25)23-17-11-5-4-10-16(17)20(26)15-8-2-1-3-9-15/h1-5,8-11,18H,6-7,12-14H2,(H2,22,27)(H,23,25)/t18-/m0/s1. The molecule has 6 nitrogen and oxygen atoms in total. The van der Waals surface area contributed by atoms with Gasteiger partial charge in [-0.3, -0.25) is 19.3 Å². The summed E-state index contributed by atoms with van der Waals surface area (Å²) >= 11 is 0. The molecule has 0 aromatic heterocycles. The Balaban J connectivity index is 1.73. The highest BCUT2D eigenvalue weighted by Gasteiger charge is 2.28. The molecule has 2 aromatic carbocycles. The van der Waals surface area contributed by atoms with Gasteiger partial charge in [-0.25, -0.2) is 0 Å². The number of amides is 2. The first-order valence-corrected chi connectivity index (χ1v) is 9.08. The van der Waals surface area contributed by atoms with Crippen LogP contribution in [0.4, 0.5) is 5.69 Å². The van der Waals surface area contributed by atoms with Crippen molar-refractivity contribution >= 4 is 23.3 Å². The van der Waals surface area contributed by atoms with Crippen LogP contribution in [0.15, 0.2) is 54.6 Å². The number of hydrogen-bond acceptors (Lipinski definition) is 4. The minimum Gasteiger partial charge on any atom is -0.368 e. The number of piperidine rings is 1. The fourth-order valence-corrected chi connectivity index (χ4v) is 3.41. The number of carbonyl (C=O) groups is 3. The molecule has 1 heterocycles. The van der Waals surface area contributed by atoms with Crippen molar-refractivity contribution in [2.75, 3.05) is 18.4 Å². The van der Waals surface area contributed by atoms with E-state index in [1.807, 2.05) is 11.0 Å². The lowest BCUT2D eigenvalue weighted by atomic mass is 10.0. The third-order valence-electron chi connectivity index (χ3n) is 4.77. The molecule has 0 saturated carbocycles. The normalized spacial score (nSPS) is 17.3. The average Bonchev–Trinajstić information content (AvgIpc) is 2.69. The molecule has 6 heteroatoms. The van der Waals surface area contributed by atoms with E-state index < -0.39 is 11.9 Å². The lowest BCUT2D eigenvalue weighted by Gasteiger charge is -2.32. The van der Waals surface area contributed by atoms with E-state index in [2.05, 4.69) is 5.32 Å². The second-order valence-corrected chi connectivity index (χ2v) is 6.67. The van der Waals surface area contributed by atoms with E-state index in [9.17, 15) is 14.4 Å². The van der Waals surface area contributed by atoms with E-state index >= 15 is 0 Å². The summed E-state index contributed by atoms with van der Waals surface area (Å²) in [4.78, 5) is 38.7. The Labute approximate surface area is 158 Å². The van der Waals surface area contributed by atoms with Crippen LogP contribution in [0.25, 0.3) is 0 Å². The van der Waals surface area contributed by atoms with E-state index in [4.69, 9.17) is 5.73 Å². The number of nitrogens with zero attached hydrogens (tertiary/aromatic N) is 1. The van der Waals surface area contributed by atoms with Crippen molar-refractivity contribution in [2.45, 2.75) is 25.3 Å². The summed E-state index contributed by atoms with van der Waals surface area (Å²) in [6.45, 7) is 0.729. The van der Waals surface area contributed by atoms with Crippen LogP contribution in [0, 0.1) is 0 Å². The maximum absolute atomic E-state index is 12.8. The van der Waals surface area contributed by atoms with Gasteiger partial charge in [0.2, 0.25) is 11.8 Å². The molecule has 140 valence electrons. The zero-order chi connectivity index (χ0) is 19.2. The van der Waals surface area contributed by atoms with Crippen LogP contribution in [0.1, 0.15) is 35.2 Å². The Morgan fingerprint density at radius 1 is 1.00 bits per heavy atom. The molecule has 3 N–H and O–H groups in total. The number of primary amides is 1. The molecule has 0 unspecified atom stereocenters. The maximum Gasteiger partial charge on any atom is 0.238 e. The minimum absolute atomic E-state index is 0.0709. The van der Waals surface area contributed by atoms with Crippen molar-refractivity contribution in [3.63, 3.8) is 0 Å². The van der Waals surface area contributed by atoms with Gasteiger partial charge < -0.3 is 11.1 Å². The van der Waals surface area contributed by atoms with Gasteiger partial charge in [-0.05, 0) is 31.5 Å². The second kappa shape index (κ2) is 8.60. The molecule has 1 atom stereocenters. The third-order valence-corrected chi connectivity index (χ3v) is 4.77. The number of nitrogens with two attached hydrogens (primary N) is 1. The summed E-state index contributed by atoms with van der Waals surface area (Å²) in [7, 11) is 0. The molecule has 0 radical (unpaired) electrons. The highest BCUT2D eigenvalue weighted by molar-refractivity contribution is 6.13. The van der Waals surface area contributed by atoms with Crippen molar-refractivity contribution in [1.82, 2.24) is 4.90 Å². The summed E-state index contributed by atoms with van der Waals surface area (Å²) in [5.74, 6) is -0.821. The van der Waals surface area contributed by atoms with E-state index in [0.717, 1.165) is 12.8 Å². The van der Waals surface area contributed by atoms with Crippen molar-refractivity contribution in [3.05, 3.63) is 65.7 Å². The number of benzene rings is 2.